The zero-order chi connectivity index (χ0) is 19.3. The minimum atomic E-state index is -4.33. The van der Waals surface area contributed by atoms with Crippen LogP contribution in [0.5, 0.6) is 0 Å². The van der Waals surface area contributed by atoms with E-state index in [0.717, 1.165) is 25.2 Å². The number of nitrogens with one attached hydrogen (secondary N) is 1. The third-order valence-corrected chi connectivity index (χ3v) is 5.24. The average Bonchev–Trinajstić information content (AvgIpc) is 3.13. The predicted octanol–water partition coefficient (Wildman–Crippen LogP) is 4.82. The van der Waals surface area contributed by atoms with Gasteiger partial charge in [0.25, 0.3) is 5.91 Å². The number of likely N-dealkylation sites (tertiary alicyclic amines) is 1. The summed E-state index contributed by atoms with van der Waals surface area (Å²) in [6.45, 7) is 3.46. The molecule has 2 aromatic rings. The third kappa shape index (κ3) is 6.01. The van der Waals surface area contributed by atoms with Gasteiger partial charge in [0.15, 0.2) is 0 Å². The number of benzene rings is 2. The highest BCUT2D eigenvalue weighted by Gasteiger charge is 2.29. The van der Waals surface area contributed by atoms with Crippen LogP contribution in [-0.4, -0.2) is 29.4 Å². The molecule has 0 aromatic heterocycles. The van der Waals surface area contributed by atoms with E-state index in [4.69, 9.17) is 0 Å². The van der Waals surface area contributed by atoms with E-state index in [1.165, 1.54) is 42.7 Å². The lowest BCUT2D eigenvalue weighted by Crippen LogP contribution is -2.25. The summed E-state index contributed by atoms with van der Waals surface area (Å²) in [5.41, 5.74) is -1.74. The van der Waals surface area contributed by atoms with Crippen molar-refractivity contribution < 1.29 is 18.0 Å². The van der Waals surface area contributed by atoms with Gasteiger partial charge in [0.2, 0.25) is 0 Å². The first-order valence-electron chi connectivity index (χ1n) is 8.84. The second kappa shape index (κ2) is 8.80. The topological polar surface area (TPSA) is 32.3 Å². The Hall–Kier alpha value is -1.99. The number of alkyl halides is 3. The van der Waals surface area contributed by atoms with E-state index in [2.05, 4.69) is 16.3 Å². The normalized spacial score (nSPS) is 15.1. The molecular formula is C20H21F3N2OS. The molecule has 0 unspecified atom stereocenters. The highest BCUT2D eigenvalue weighted by molar-refractivity contribution is 8.00. The van der Waals surface area contributed by atoms with Crippen molar-refractivity contribution in [2.45, 2.75) is 36.3 Å². The molecular weight excluding hydrogens is 373 g/mol. The Morgan fingerprint density at radius 3 is 2.26 bits per heavy atom. The maximum atomic E-state index is 12.4. The van der Waals surface area contributed by atoms with Gasteiger partial charge in [0, 0.05) is 23.5 Å². The third-order valence-electron chi connectivity index (χ3n) is 4.50. The molecule has 0 bridgehead atoms. The lowest BCUT2D eigenvalue weighted by atomic mass is 10.1. The molecule has 1 N–H and O–H groups in total. The molecule has 0 spiro atoms. The first kappa shape index (κ1) is 19.8. The summed E-state index contributed by atoms with van der Waals surface area (Å²) in [6, 6.07) is 13.5. The van der Waals surface area contributed by atoms with Gasteiger partial charge in [0.1, 0.15) is 0 Å². The predicted molar refractivity (Wildman–Crippen MR) is 100 cm³/mol. The van der Waals surface area contributed by atoms with Crippen LogP contribution in [0.25, 0.3) is 0 Å². The van der Waals surface area contributed by atoms with Gasteiger partial charge in [-0.2, -0.15) is 13.2 Å². The average molecular weight is 394 g/mol. The van der Waals surface area contributed by atoms with E-state index in [0.29, 0.717) is 12.1 Å². The minimum Gasteiger partial charge on any atom is -0.348 e. The summed E-state index contributed by atoms with van der Waals surface area (Å²) < 4.78 is 37.1. The van der Waals surface area contributed by atoms with Crippen LogP contribution < -0.4 is 5.32 Å². The van der Waals surface area contributed by atoms with Gasteiger partial charge in [-0.25, -0.2) is 0 Å². The summed E-state index contributed by atoms with van der Waals surface area (Å²) in [6.07, 6.45) is 2.45. The molecule has 3 nitrogen and oxygen atoms in total. The molecule has 0 atom stereocenters. The van der Waals surface area contributed by atoms with Crippen molar-refractivity contribution in [3.8, 4) is 0 Å². The Kier molecular flexibility index (Phi) is 6.44. The molecule has 0 aliphatic carbocycles. The van der Waals surface area contributed by atoms with Gasteiger partial charge in [-0.3, -0.25) is 9.69 Å². The molecule has 7 heteroatoms. The maximum absolute atomic E-state index is 12.4. The summed E-state index contributed by atoms with van der Waals surface area (Å²) in [7, 11) is 0. The van der Waals surface area contributed by atoms with Crippen molar-refractivity contribution >= 4 is 17.7 Å². The Morgan fingerprint density at radius 2 is 1.63 bits per heavy atom. The summed E-state index contributed by atoms with van der Waals surface area (Å²) >= 11 is -0.188. The SMILES string of the molecule is O=C(NCc1ccccc1CN1CCCC1)c1ccc(SC(F)(F)F)cc1. The highest BCUT2D eigenvalue weighted by Crippen LogP contribution is 2.36. The number of thioether (sulfide) groups is 1. The van der Waals surface area contributed by atoms with Crippen LogP contribution >= 0.6 is 11.8 Å². The number of carbonyl (C=O) groups is 1. The minimum absolute atomic E-state index is 0.0648. The second-order valence-corrected chi connectivity index (χ2v) is 7.65. The number of carbonyl (C=O) groups excluding carboxylic acids is 1. The van der Waals surface area contributed by atoms with Crippen LogP contribution in [0.1, 0.15) is 34.3 Å². The first-order valence-corrected chi connectivity index (χ1v) is 9.65. The largest absolute Gasteiger partial charge is 0.446 e. The number of nitrogens with zero attached hydrogens (tertiary/aromatic N) is 1. The van der Waals surface area contributed by atoms with E-state index in [9.17, 15) is 18.0 Å². The van der Waals surface area contributed by atoms with Crippen LogP contribution in [0, 0.1) is 0 Å². The van der Waals surface area contributed by atoms with Gasteiger partial charge in [-0.1, -0.05) is 24.3 Å². The fourth-order valence-electron chi connectivity index (χ4n) is 3.15. The number of hydrogen-bond donors (Lipinski definition) is 1. The Morgan fingerprint density at radius 1 is 1.00 bits per heavy atom. The molecule has 1 aliphatic heterocycles. The van der Waals surface area contributed by atoms with Crippen molar-refractivity contribution in [2.75, 3.05) is 13.1 Å². The molecule has 2 aromatic carbocycles. The molecule has 1 aliphatic rings. The monoisotopic (exact) mass is 394 g/mol. The van der Waals surface area contributed by atoms with Gasteiger partial charge in [-0.15, -0.1) is 0 Å². The molecule has 0 saturated carbocycles. The van der Waals surface area contributed by atoms with Crippen LogP contribution in [0.15, 0.2) is 53.4 Å². The van der Waals surface area contributed by atoms with Crippen molar-refractivity contribution in [3.63, 3.8) is 0 Å². The fourth-order valence-corrected chi connectivity index (χ4v) is 3.69. The second-order valence-electron chi connectivity index (χ2n) is 6.51. The zero-order valence-corrected chi connectivity index (χ0v) is 15.6. The molecule has 1 amide bonds. The smallest absolute Gasteiger partial charge is 0.348 e. The molecule has 27 heavy (non-hydrogen) atoms. The van der Waals surface area contributed by atoms with E-state index in [1.54, 1.807) is 0 Å². The number of rotatable bonds is 6. The Balaban J connectivity index is 1.59. The van der Waals surface area contributed by atoms with Crippen LogP contribution in [0.4, 0.5) is 13.2 Å². The summed E-state index contributed by atoms with van der Waals surface area (Å²) in [4.78, 5) is 14.8. The van der Waals surface area contributed by atoms with Gasteiger partial charge in [-0.05, 0) is 73.1 Å². The zero-order valence-electron chi connectivity index (χ0n) is 14.8. The van der Waals surface area contributed by atoms with Gasteiger partial charge >= 0.3 is 5.51 Å². The van der Waals surface area contributed by atoms with Crippen LogP contribution in [-0.2, 0) is 13.1 Å². The van der Waals surface area contributed by atoms with Crippen LogP contribution in [0.2, 0.25) is 0 Å². The molecule has 0 radical (unpaired) electrons. The molecule has 1 saturated heterocycles. The van der Waals surface area contributed by atoms with Gasteiger partial charge < -0.3 is 5.32 Å². The van der Waals surface area contributed by atoms with Crippen molar-refractivity contribution in [2.24, 2.45) is 0 Å². The highest BCUT2D eigenvalue weighted by atomic mass is 32.2. The first-order chi connectivity index (χ1) is 12.9. The van der Waals surface area contributed by atoms with E-state index in [-0.39, 0.29) is 22.6 Å². The molecule has 1 fully saturated rings. The van der Waals surface area contributed by atoms with E-state index < -0.39 is 5.51 Å². The maximum Gasteiger partial charge on any atom is 0.446 e. The summed E-state index contributed by atoms with van der Waals surface area (Å²) in [5.74, 6) is -0.297. The molecule has 3 rings (SSSR count). The quantitative estimate of drug-likeness (QED) is 0.713. The van der Waals surface area contributed by atoms with Crippen molar-refractivity contribution in [1.82, 2.24) is 10.2 Å². The van der Waals surface area contributed by atoms with Crippen molar-refractivity contribution in [3.05, 3.63) is 65.2 Å². The van der Waals surface area contributed by atoms with E-state index in [1.807, 2.05) is 18.2 Å². The standard InChI is InChI=1S/C20H21F3N2OS/c21-20(22,23)27-18-9-7-15(8-10-18)19(26)24-13-16-5-1-2-6-17(16)14-25-11-3-4-12-25/h1-2,5-10H,3-4,11-14H2,(H,24,26). The Labute approximate surface area is 160 Å². The Bertz CT molecular complexity index is 772. The molecule has 144 valence electrons. The lowest BCUT2D eigenvalue weighted by Gasteiger charge is -2.17. The van der Waals surface area contributed by atoms with Crippen molar-refractivity contribution in [1.29, 1.82) is 0 Å². The number of amides is 1. The van der Waals surface area contributed by atoms with Gasteiger partial charge in [0.05, 0.1) is 0 Å². The van der Waals surface area contributed by atoms with Crippen LogP contribution in [0.3, 0.4) is 0 Å². The number of hydrogen-bond acceptors (Lipinski definition) is 3. The number of halogens is 3. The molecule has 1 heterocycles. The van der Waals surface area contributed by atoms with E-state index >= 15 is 0 Å². The lowest BCUT2D eigenvalue weighted by molar-refractivity contribution is -0.0328. The summed E-state index contributed by atoms with van der Waals surface area (Å²) in [5, 5.41) is 2.86. The fraction of sp³-hybridized carbons (Fsp3) is 0.350.